The minimum atomic E-state index is -0.283. The van der Waals surface area contributed by atoms with Crippen LogP contribution in [0.5, 0.6) is 0 Å². The van der Waals surface area contributed by atoms with E-state index in [4.69, 9.17) is 11.6 Å². The minimum absolute atomic E-state index is 0.150. The van der Waals surface area contributed by atoms with Gasteiger partial charge in [-0.25, -0.2) is 13.9 Å². The first kappa shape index (κ1) is 19.3. The van der Waals surface area contributed by atoms with E-state index < -0.39 is 0 Å². The highest BCUT2D eigenvalue weighted by molar-refractivity contribution is 6.30. The van der Waals surface area contributed by atoms with Gasteiger partial charge in [-0.15, -0.1) is 5.10 Å². The molecule has 0 fully saturated rings. The molecule has 0 bridgehead atoms. The van der Waals surface area contributed by atoms with Gasteiger partial charge in [0.15, 0.2) is 0 Å². The van der Waals surface area contributed by atoms with Gasteiger partial charge in [-0.1, -0.05) is 66.2 Å². The van der Waals surface area contributed by atoms with Crippen LogP contribution in [0.4, 0.5) is 0 Å². The molecule has 6 nitrogen and oxygen atoms in total. The summed E-state index contributed by atoms with van der Waals surface area (Å²) in [6, 6.07) is 24.4. The zero-order valence-electron chi connectivity index (χ0n) is 16.6. The van der Waals surface area contributed by atoms with Gasteiger partial charge in [-0.3, -0.25) is 9.36 Å². The van der Waals surface area contributed by atoms with Gasteiger partial charge in [0.05, 0.1) is 17.4 Å². The molecule has 0 aliphatic carbocycles. The predicted octanol–water partition coefficient (Wildman–Crippen LogP) is 3.76. The fourth-order valence-electron chi connectivity index (χ4n) is 3.82. The van der Waals surface area contributed by atoms with Crippen LogP contribution in [0.2, 0.25) is 5.02 Å². The van der Waals surface area contributed by atoms with Gasteiger partial charge >= 0.3 is 5.69 Å². The fraction of sp³-hybridized carbons (Fsp3) is 0.125. The summed E-state index contributed by atoms with van der Waals surface area (Å²) in [6.07, 6.45) is 0.660. The third-order valence-corrected chi connectivity index (χ3v) is 5.65. The van der Waals surface area contributed by atoms with E-state index in [-0.39, 0.29) is 11.2 Å². The number of aromatic nitrogens is 4. The number of rotatable bonds is 5. The van der Waals surface area contributed by atoms with Gasteiger partial charge in [-0.05, 0) is 41.8 Å². The largest absolute Gasteiger partial charge is 0.352 e. The molecule has 7 heteroatoms. The summed E-state index contributed by atoms with van der Waals surface area (Å²) in [4.78, 5) is 26.5. The van der Waals surface area contributed by atoms with E-state index in [1.54, 1.807) is 34.9 Å². The van der Waals surface area contributed by atoms with Crippen LogP contribution in [0.15, 0.2) is 88.5 Å². The molecule has 154 valence electrons. The first-order valence-corrected chi connectivity index (χ1v) is 10.4. The number of halogens is 1. The Hall–Kier alpha value is -3.64. The van der Waals surface area contributed by atoms with Crippen LogP contribution in [-0.2, 0) is 19.5 Å². The van der Waals surface area contributed by atoms with Crippen molar-refractivity contribution in [1.29, 1.82) is 0 Å². The van der Waals surface area contributed by atoms with Gasteiger partial charge in [0, 0.05) is 11.6 Å². The number of benzene rings is 3. The van der Waals surface area contributed by atoms with Crippen LogP contribution in [0.3, 0.4) is 0 Å². The molecule has 0 aliphatic heterocycles. The van der Waals surface area contributed by atoms with Crippen molar-refractivity contribution in [3.63, 3.8) is 0 Å². The van der Waals surface area contributed by atoms with Crippen LogP contribution < -0.4 is 11.2 Å². The Bertz CT molecular complexity index is 1500. The van der Waals surface area contributed by atoms with Crippen LogP contribution >= 0.6 is 11.6 Å². The smallest absolute Gasteiger partial charge is 0.276 e. The van der Waals surface area contributed by atoms with E-state index in [1.165, 1.54) is 9.08 Å². The maximum Gasteiger partial charge on any atom is 0.352 e. The zero-order chi connectivity index (χ0) is 21.4. The second-order valence-corrected chi connectivity index (χ2v) is 7.85. The molecule has 0 atom stereocenters. The Morgan fingerprint density at radius 3 is 2.29 bits per heavy atom. The third-order valence-electron chi connectivity index (χ3n) is 5.40. The number of hydrogen-bond donors (Lipinski definition) is 0. The summed E-state index contributed by atoms with van der Waals surface area (Å²) >= 11 is 5.97. The quantitative estimate of drug-likeness (QED) is 0.426. The number of hydrogen-bond acceptors (Lipinski definition) is 3. The lowest BCUT2D eigenvalue weighted by Gasteiger charge is -2.09. The molecule has 3 aromatic carbocycles. The average molecular weight is 431 g/mol. The Kier molecular flexibility index (Phi) is 4.92. The molecule has 0 radical (unpaired) electrons. The van der Waals surface area contributed by atoms with Crippen molar-refractivity contribution in [2.75, 3.05) is 0 Å². The lowest BCUT2D eigenvalue weighted by atomic mass is 10.1. The van der Waals surface area contributed by atoms with Gasteiger partial charge in [0.2, 0.25) is 5.78 Å². The summed E-state index contributed by atoms with van der Waals surface area (Å²) in [5.41, 5.74) is 2.14. The van der Waals surface area contributed by atoms with Crippen molar-refractivity contribution in [2.24, 2.45) is 0 Å². The molecule has 0 aliphatic rings. The topological polar surface area (TPSA) is 61.3 Å². The van der Waals surface area contributed by atoms with Crippen molar-refractivity contribution in [2.45, 2.75) is 19.5 Å². The van der Waals surface area contributed by atoms with Crippen LogP contribution in [-0.4, -0.2) is 18.7 Å². The van der Waals surface area contributed by atoms with E-state index in [1.807, 2.05) is 48.5 Å². The third kappa shape index (κ3) is 3.55. The van der Waals surface area contributed by atoms with E-state index in [0.717, 1.165) is 11.1 Å². The number of para-hydroxylation sites is 1. The first-order chi connectivity index (χ1) is 15.1. The Balaban J connectivity index is 1.67. The van der Waals surface area contributed by atoms with E-state index >= 15 is 0 Å². The summed E-state index contributed by atoms with van der Waals surface area (Å²) in [6.45, 7) is 0.716. The van der Waals surface area contributed by atoms with E-state index in [0.29, 0.717) is 41.2 Å². The summed E-state index contributed by atoms with van der Waals surface area (Å²) in [5.74, 6) is 0.346. The maximum absolute atomic E-state index is 13.3. The van der Waals surface area contributed by atoms with Crippen molar-refractivity contribution in [1.82, 2.24) is 18.7 Å². The van der Waals surface area contributed by atoms with Crippen molar-refractivity contribution < 1.29 is 0 Å². The molecule has 0 amide bonds. The fourth-order valence-corrected chi connectivity index (χ4v) is 3.95. The van der Waals surface area contributed by atoms with Gasteiger partial charge < -0.3 is 0 Å². The normalized spacial score (nSPS) is 11.4. The van der Waals surface area contributed by atoms with Gasteiger partial charge in [0.25, 0.3) is 5.56 Å². The summed E-state index contributed by atoms with van der Waals surface area (Å²) in [5, 5.41) is 5.68. The second-order valence-electron chi connectivity index (χ2n) is 7.41. The first-order valence-electron chi connectivity index (χ1n) is 10.0. The van der Waals surface area contributed by atoms with Crippen LogP contribution in [0.1, 0.15) is 11.1 Å². The van der Waals surface area contributed by atoms with Crippen LogP contribution in [0.25, 0.3) is 16.7 Å². The molecule has 0 N–H and O–H groups in total. The van der Waals surface area contributed by atoms with E-state index in [9.17, 15) is 9.59 Å². The Morgan fingerprint density at radius 1 is 0.806 bits per heavy atom. The molecule has 31 heavy (non-hydrogen) atoms. The molecule has 0 saturated heterocycles. The maximum atomic E-state index is 13.3. The van der Waals surface area contributed by atoms with Crippen LogP contribution in [0, 0.1) is 0 Å². The SMILES string of the molecule is O=c1c2ccccc2n2c(=O)n(Cc3ccc(Cl)cc3)nc2n1CCc1ccccc1. The lowest BCUT2D eigenvalue weighted by Crippen LogP contribution is -2.27. The molecule has 5 rings (SSSR count). The second kappa shape index (κ2) is 7.89. The Morgan fingerprint density at radius 2 is 1.52 bits per heavy atom. The predicted molar refractivity (Wildman–Crippen MR) is 122 cm³/mol. The Labute approximate surface area is 182 Å². The minimum Gasteiger partial charge on any atom is -0.276 e. The van der Waals surface area contributed by atoms with E-state index in [2.05, 4.69) is 5.10 Å². The van der Waals surface area contributed by atoms with Crippen molar-refractivity contribution >= 4 is 28.3 Å². The highest BCUT2D eigenvalue weighted by Crippen LogP contribution is 2.13. The number of nitrogens with zero attached hydrogens (tertiary/aromatic N) is 4. The number of aryl methyl sites for hydroxylation is 2. The highest BCUT2D eigenvalue weighted by atomic mass is 35.5. The molecule has 0 saturated carbocycles. The summed E-state index contributed by atoms with van der Waals surface area (Å²) < 4.78 is 4.51. The molecular weight excluding hydrogens is 412 g/mol. The summed E-state index contributed by atoms with van der Waals surface area (Å²) in [7, 11) is 0. The molecular formula is C24H19ClN4O2. The molecule has 0 unspecified atom stereocenters. The van der Waals surface area contributed by atoms with Gasteiger partial charge in [-0.2, -0.15) is 0 Å². The number of fused-ring (bicyclic) bond motifs is 3. The molecule has 2 heterocycles. The monoisotopic (exact) mass is 430 g/mol. The average Bonchev–Trinajstić information content (AvgIpc) is 3.12. The zero-order valence-corrected chi connectivity index (χ0v) is 17.4. The highest BCUT2D eigenvalue weighted by Gasteiger charge is 2.17. The molecule has 5 aromatic rings. The van der Waals surface area contributed by atoms with Crippen molar-refractivity contribution in [3.8, 4) is 0 Å². The standard InChI is InChI=1S/C24H19ClN4O2/c25-19-12-10-18(11-13-19)16-28-24(31)29-21-9-5-4-8-20(21)22(30)27(23(29)26-28)15-14-17-6-2-1-3-7-17/h1-13H,14-16H2. The molecule has 2 aromatic heterocycles. The van der Waals surface area contributed by atoms with Crippen molar-refractivity contribution in [3.05, 3.63) is 116 Å². The molecule has 0 spiro atoms. The lowest BCUT2D eigenvalue weighted by molar-refractivity contribution is 0.645. The van der Waals surface area contributed by atoms with Gasteiger partial charge in [0.1, 0.15) is 0 Å².